The van der Waals surface area contributed by atoms with Gasteiger partial charge in [0.25, 0.3) is 20.4 Å². The average Bonchev–Trinajstić information content (AvgIpc) is 2.78. The summed E-state index contributed by atoms with van der Waals surface area (Å²) in [6.07, 6.45) is 3.43. The molecule has 0 atom stereocenters. The van der Waals surface area contributed by atoms with Crippen molar-refractivity contribution in [2.75, 3.05) is 0 Å². The smallest absolute Gasteiger partial charge is 0.281 e. The summed E-state index contributed by atoms with van der Waals surface area (Å²) in [5.74, 6) is 0. The molecule has 1 aliphatic carbocycles. The maximum atomic E-state index is 7.50. The minimum atomic E-state index is 0.244. The number of carbonyl (C=O) groups excluding carboxylic acids is 3. The molecule has 1 rings (SSSR count). The fourth-order valence-corrected chi connectivity index (χ4v) is 2.76. The third kappa shape index (κ3) is 7.56. The third-order valence-electron chi connectivity index (χ3n) is 2.58. The molecule has 0 spiro atoms. The van der Waals surface area contributed by atoms with Gasteiger partial charge in [-0.25, -0.2) is 0 Å². The van der Waals surface area contributed by atoms with E-state index in [0.717, 1.165) is 6.42 Å². The van der Waals surface area contributed by atoms with Crippen LogP contribution in [0.15, 0.2) is 21.7 Å². The molecule has 0 heterocycles. The van der Waals surface area contributed by atoms with E-state index in [-0.39, 0.29) is 10.8 Å². The van der Waals surface area contributed by atoms with Crippen LogP contribution in [0.2, 0.25) is 0 Å². The largest absolute Gasteiger partial charge is 0.281 e. The van der Waals surface area contributed by atoms with Crippen LogP contribution in [0.4, 0.5) is 0 Å². The van der Waals surface area contributed by atoms with Crippen LogP contribution in [0.1, 0.15) is 48.0 Å². The summed E-state index contributed by atoms with van der Waals surface area (Å²) in [7, 11) is 0. The minimum Gasteiger partial charge on any atom is -0.281 e. The number of hydrogen-bond acceptors (Lipinski definition) is 3. The monoisotopic (exact) mass is 316 g/mol. The van der Waals surface area contributed by atoms with Crippen LogP contribution in [-0.4, -0.2) is 20.4 Å². The number of rotatable bonds is 0. The quantitative estimate of drug-likeness (QED) is 0.646. The summed E-state index contributed by atoms with van der Waals surface area (Å²) in [4.78, 5) is 22.5. The maximum Gasteiger partial charge on any atom is 0.281 e. The molecule has 3 nitrogen and oxygen atoms in total. The summed E-state index contributed by atoms with van der Waals surface area (Å²) < 4.78 is 1.37. The van der Waals surface area contributed by atoms with Crippen LogP contribution in [0, 0.1) is 10.8 Å². The van der Waals surface area contributed by atoms with Gasteiger partial charge in [-0.05, 0) is 0 Å². The third-order valence-corrected chi connectivity index (χ3v) is 3.12. The Bertz CT molecular complexity index is 339. The van der Waals surface area contributed by atoms with Crippen molar-refractivity contribution >= 4 is 20.4 Å². The van der Waals surface area contributed by atoms with Gasteiger partial charge in [0.15, 0.2) is 0 Å². The predicted octanol–water partition coefficient (Wildman–Crippen LogP) is 3.02. The van der Waals surface area contributed by atoms with Gasteiger partial charge in [0.2, 0.25) is 0 Å². The molecule has 0 saturated heterocycles. The van der Waals surface area contributed by atoms with Gasteiger partial charge in [-0.2, -0.15) is 0 Å². The Balaban J connectivity index is -0.000000425. The minimum absolute atomic E-state index is 0.244. The molecular formula is C16H21MnO3. The van der Waals surface area contributed by atoms with Crippen LogP contribution in [-0.2, 0) is 30.4 Å². The molecule has 0 amide bonds. The van der Waals surface area contributed by atoms with E-state index in [1.54, 1.807) is 0 Å². The first-order chi connectivity index (χ1) is 9.14. The van der Waals surface area contributed by atoms with Gasteiger partial charge >= 0.3 is 96.5 Å². The molecule has 0 saturated carbocycles. The van der Waals surface area contributed by atoms with Gasteiger partial charge in [-0.1, -0.05) is 0 Å². The molecule has 0 aromatic carbocycles. The molecule has 0 N–H and O–H groups in total. The first-order valence-electron chi connectivity index (χ1n) is 5.85. The summed E-state index contributed by atoms with van der Waals surface area (Å²) in [5.41, 5.74) is 3.52. The first-order valence-corrected chi connectivity index (χ1v) is 6.44. The molecule has 6 radical (unpaired) electrons. The van der Waals surface area contributed by atoms with Crippen LogP contribution in [0.3, 0.4) is 0 Å². The van der Waals surface area contributed by atoms with E-state index in [2.05, 4.69) is 84.0 Å². The molecule has 0 bridgehead atoms. The first kappa shape index (κ1) is 24.1. The molecule has 0 unspecified atom stereocenters. The fraction of sp³-hybridized carbons (Fsp3) is 0.562. The number of hydrogen-bond donors (Lipinski definition) is 0. The van der Waals surface area contributed by atoms with Crippen molar-refractivity contribution in [3.63, 3.8) is 0 Å². The van der Waals surface area contributed by atoms with Gasteiger partial charge in [-0.3, -0.25) is 14.4 Å². The van der Waals surface area contributed by atoms with Gasteiger partial charge in [0.1, 0.15) is 0 Å². The Hall–Kier alpha value is -0.991. The van der Waals surface area contributed by atoms with Gasteiger partial charge in [0, 0.05) is 0 Å². The Morgan fingerprint density at radius 3 is 1.40 bits per heavy atom. The topological polar surface area (TPSA) is 51.2 Å². The van der Waals surface area contributed by atoms with E-state index < -0.39 is 0 Å². The van der Waals surface area contributed by atoms with E-state index in [1.165, 1.54) is 15.6 Å². The van der Waals surface area contributed by atoms with E-state index in [9.17, 15) is 0 Å². The van der Waals surface area contributed by atoms with Crippen LogP contribution < -0.4 is 0 Å². The standard InChI is InChI=1S/C13H21.3CO.Mn/c1-12(2,3)10-8-7-9-11(10)13(4,5)6;3*1-2;/h8H,7H2,1-6H3;;;;. The van der Waals surface area contributed by atoms with Gasteiger partial charge in [-0.15, -0.1) is 0 Å². The molecule has 110 valence electrons. The van der Waals surface area contributed by atoms with E-state index in [0.29, 0.717) is 0 Å². The predicted molar refractivity (Wildman–Crippen MR) is 75.7 cm³/mol. The molecule has 20 heavy (non-hydrogen) atoms. The Kier molecular flexibility index (Phi) is 12.9. The molecule has 0 aromatic rings. The zero-order valence-corrected chi connectivity index (χ0v) is 14.1. The van der Waals surface area contributed by atoms with Crippen molar-refractivity contribution in [2.24, 2.45) is 10.8 Å². The summed E-state index contributed by atoms with van der Waals surface area (Å²) in [6.45, 7) is 27.2. The summed E-state index contributed by atoms with van der Waals surface area (Å²) >= 11 is 3.70. The van der Waals surface area contributed by atoms with Gasteiger partial charge < -0.3 is 0 Å². The van der Waals surface area contributed by atoms with Gasteiger partial charge in [0.05, 0.1) is 0 Å². The molecule has 0 aliphatic heterocycles. The average molecular weight is 316 g/mol. The van der Waals surface area contributed by atoms with Crippen LogP contribution in [0.25, 0.3) is 0 Å². The second-order valence-electron chi connectivity index (χ2n) is 6.10. The van der Waals surface area contributed by atoms with Crippen molar-refractivity contribution in [3.05, 3.63) is 21.7 Å². The normalized spacial score (nSPS) is 13.8. The SMILES string of the molecule is CC(C)(C)C1=CC[C]([Mn])=C1C(C)(C)C.[C]=O.[C]=O.[C]=O. The molecule has 4 heteroatoms. The summed E-state index contributed by atoms with van der Waals surface area (Å²) in [5, 5.41) is 0. The molecular weight excluding hydrogens is 295 g/mol. The van der Waals surface area contributed by atoms with Crippen molar-refractivity contribution in [3.8, 4) is 0 Å². The fourth-order valence-electron chi connectivity index (χ4n) is 2.03. The zero-order valence-electron chi connectivity index (χ0n) is 12.9. The summed E-state index contributed by atoms with van der Waals surface area (Å²) in [6, 6.07) is 0. The van der Waals surface area contributed by atoms with Crippen molar-refractivity contribution in [2.45, 2.75) is 48.0 Å². The zero-order chi connectivity index (χ0) is 17.1. The molecule has 0 aromatic heterocycles. The van der Waals surface area contributed by atoms with Crippen molar-refractivity contribution < 1.29 is 30.4 Å². The van der Waals surface area contributed by atoms with Crippen molar-refractivity contribution in [1.29, 1.82) is 0 Å². The van der Waals surface area contributed by atoms with E-state index in [1.807, 2.05) is 0 Å². The Labute approximate surface area is 131 Å². The maximum absolute atomic E-state index is 7.50. The Morgan fingerprint density at radius 2 is 1.20 bits per heavy atom. The molecule has 0 fully saturated rings. The number of allylic oxidation sites excluding steroid dienone is 4. The van der Waals surface area contributed by atoms with E-state index >= 15 is 0 Å². The van der Waals surface area contributed by atoms with Crippen LogP contribution >= 0.6 is 0 Å². The van der Waals surface area contributed by atoms with E-state index in [4.69, 9.17) is 14.4 Å². The second kappa shape index (κ2) is 10.8. The Morgan fingerprint density at radius 1 is 0.850 bits per heavy atom. The molecule has 1 aliphatic rings. The van der Waals surface area contributed by atoms with Crippen LogP contribution in [0.5, 0.6) is 0 Å². The second-order valence-corrected chi connectivity index (χ2v) is 6.81. The van der Waals surface area contributed by atoms with Crippen molar-refractivity contribution in [1.82, 2.24) is 0 Å².